The summed E-state index contributed by atoms with van der Waals surface area (Å²) in [6.45, 7) is 2.00. The smallest absolute Gasteiger partial charge is 0.159 e. The maximum absolute atomic E-state index is 8.00. The predicted molar refractivity (Wildman–Crippen MR) is 86.2 cm³/mol. The van der Waals surface area contributed by atoms with Crippen molar-refractivity contribution in [2.24, 2.45) is 0 Å². The molecule has 0 aliphatic heterocycles. The van der Waals surface area contributed by atoms with Crippen LogP contribution in [0.25, 0.3) is 22.1 Å². The van der Waals surface area contributed by atoms with Crippen molar-refractivity contribution in [3.05, 3.63) is 73.3 Å². The molecule has 0 aliphatic carbocycles. The lowest BCUT2D eigenvalue weighted by atomic mass is 10.3. The minimum atomic E-state index is 0.810. The Morgan fingerprint density at radius 1 is 0.545 bits per heavy atom. The molecule has 4 heterocycles. The summed E-state index contributed by atoms with van der Waals surface area (Å²) in [7, 11) is 0. The summed E-state index contributed by atoms with van der Waals surface area (Å²) in [4.78, 5) is 24.3. The second kappa shape index (κ2) is 8.16. The van der Waals surface area contributed by atoms with Crippen LogP contribution in [-0.4, -0.2) is 26.7 Å². The second-order valence-electron chi connectivity index (χ2n) is 4.11. The van der Waals surface area contributed by atoms with Crippen LogP contribution in [-0.2, 0) is 4.79 Å². The third kappa shape index (κ3) is 3.89. The molecule has 0 aromatic carbocycles. The quantitative estimate of drug-likeness (QED) is 0.498. The van der Waals surface area contributed by atoms with Crippen LogP contribution in [0.2, 0.25) is 0 Å². The maximum atomic E-state index is 8.00. The number of hydrogen-bond donors (Lipinski definition) is 0. The molecule has 4 aromatic heterocycles. The molecule has 0 N–H and O–H groups in total. The average molecular weight is 290 g/mol. The van der Waals surface area contributed by atoms with Crippen LogP contribution in [0.3, 0.4) is 0 Å². The monoisotopic (exact) mass is 290 g/mol. The third-order valence-electron chi connectivity index (χ3n) is 2.75. The number of rotatable bonds is 0. The van der Waals surface area contributed by atoms with Crippen molar-refractivity contribution >= 4 is 28.9 Å². The van der Waals surface area contributed by atoms with E-state index in [1.807, 2.05) is 55.3 Å². The topological polar surface area (TPSA) is 68.6 Å². The molecule has 5 heteroatoms. The zero-order valence-electron chi connectivity index (χ0n) is 11.8. The highest BCUT2D eigenvalue weighted by atomic mass is 16.1. The van der Waals surface area contributed by atoms with E-state index < -0.39 is 0 Å². The fourth-order valence-corrected chi connectivity index (χ4v) is 1.82. The Morgan fingerprint density at radius 2 is 0.818 bits per heavy atom. The zero-order chi connectivity index (χ0) is 15.6. The first-order valence-electron chi connectivity index (χ1n) is 6.54. The Kier molecular flexibility index (Phi) is 5.63. The van der Waals surface area contributed by atoms with Crippen LogP contribution in [0.15, 0.2) is 73.3 Å². The van der Waals surface area contributed by atoms with Gasteiger partial charge >= 0.3 is 0 Å². The van der Waals surface area contributed by atoms with Crippen molar-refractivity contribution in [3.8, 4) is 0 Å². The van der Waals surface area contributed by atoms with Gasteiger partial charge in [0.25, 0.3) is 0 Å². The standard InChI is InChI=1S/2C8H6N2.CH2O/c2*1-3-7-4-2-6-10-8(7)9-5-1;1-2/h2*1-6H;1H2. The van der Waals surface area contributed by atoms with Crippen molar-refractivity contribution < 1.29 is 4.79 Å². The van der Waals surface area contributed by atoms with Gasteiger partial charge in [-0.25, -0.2) is 19.9 Å². The highest BCUT2D eigenvalue weighted by Crippen LogP contribution is 2.05. The zero-order valence-corrected chi connectivity index (χ0v) is 11.8. The van der Waals surface area contributed by atoms with Gasteiger partial charge in [0.1, 0.15) is 6.79 Å². The van der Waals surface area contributed by atoms with E-state index in [9.17, 15) is 0 Å². The molecule has 5 nitrogen and oxygen atoms in total. The summed E-state index contributed by atoms with van der Waals surface area (Å²) in [6.07, 6.45) is 6.98. The summed E-state index contributed by atoms with van der Waals surface area (Å²) in [6, 6.07) is 15.6. The van der Waals surface area contributed by atoms with Crippen LogP contribution in [0.5, 0.6) is 0 Å². The fraction of sp³-hybridized carbons (Fsp3) is 0. The lowest BCUT2D eigenvalue weighted by Gasteiger charge is -1.90. The highest BCUT2D eigenvalue weighted by Gasteiger charge is 1.89. The average Bonchev–Trinajstić information content (AvgIpc) is 2.64. The summed E-state index contributed by atoms with van der Waals surface area (Å²) in [5.41, 5.74) is 1.62. The van der Waals surface area contributed by atoms with Crippen molar-refractivity contribution in [2.45, 2.75) is 0 Å². The lowest BCUT2D eigenvalue weighted by Crippen LogP contribution is -1.78. The van der Waals surface area contributed by atoms with E-state index in [1.165, 1.54) is 0 Å². The van der Waals surface area contributed by atoms with Crippen LogP contribution in [0.4, 0.5) is 0 Å². The Labute approximate surface area is 127 Å². The molecule has 0 aliphatic rings. The van der Waals surface area contributed by atoms with E-state index in [0.29, 0.717) is 0 Å². The first kappa shape index (κ1) is 15.2. The number of pyridine rings is 4. The molecule has 0 fully saturated rings. The van der Waals surface area contributed by atoms with E-state index in [0.717, 1.165) is 22.1 Å². The number of hydrogen-bond acceptors (Lipinski definition) is 5. The molecule has 0 radical (unpaired) electrons. The molecule has 4 rings (SSSR count). The number of carbonyl (C=O) groups is 1. The van der Waals surface area contributed by atoms with Gasteiger partial charge in [-0.1, -0.05) is 0 Å². The molecule has 108 valence electrons. The highest BCUT2D eigenvalue weighted by molar-refractivity contribution is 5.74. The molecular formula is C17H14N4O. The lowest BCUT2D eigenvalue weighted by molar-refractivity contribution is -0.0979. The molecule has 0 bridgehead atoms. The van der Waals surface area contributed by atoms with Crippen molar-refractivity contribution in [2.75, 3.05) is 0 Å². The number of carbonyl (C=O) groups excluding carboxylic acids is 1. The maximum Gasteiger partial charge on any atom is 0.159 e. The third-order valence-corrected chi connectivity index (χ3v) is 2.75. The molecule has 0 amide bonds. The number of fused-ring (bicyclic) bond motifs is 2. The Bertz CT molecular complexity index is 649. The Balaban J connectivity index is 0.000000144. The number of nitrogens with zero attached hydrogens (tertiary/aromatic N) is 4. The van der Waals surface area contributed by atoms with Crippen LogP contribution < -0.4 is 0 Å². The minimum absolute atomic E-state index is 0.810. The van der Waals surface area contributed by atoms with E-state index in [4.69, 9.17) is 4.79 Å². The van der Waals surface area contributed by atoms with E-state index in [-0.39, 0.29) is 0 Å². The van der Waals surface area contributed by atoms with Gasteiger partial charge in [-0.05, 0) is 48.5 Å². The molecule has 22 heavy (non-hydrogen) atoms. The molecule has 0 saturated carbocycles. The molecule has 0 atom stereocenters. The van der Waals surface area contributed by atoms with E-state index >= 15 is 0 Å². The molecule has 4 aromatic rings. The summed E-state index contributed by atoms with van der Waals surface area (Å²) >= 11 is 0. The van der Waals surface area contributed by atoms with Crippen molar-refractivity contribution in [1.29, 1.82) is 0 Å². The molecular weight excluding hydrogens is 276 g/mol. The van der Waals surface area contributed by atoms with E-state index in [1.54, 1.807) is 24.8 Å². The summed E-state index contributed by atoms with van der Waals surface area (Å²) in [5.74, 6) is 0. The van der Waals surface area contributed by atoms with Crippen LogP contribution in [0, 0.1) is 0 Å². The molecule has 0 unspecified atom stereocenters. The Hall–Kier alpha value is -3.21. The van der Waals surface area contributed by atoms with Gasteiger partial charge in [-0.15, -0.1) is 0 Å². The minimum Gasteiger partial charge on any atom is -0.307 e. The van der Waals surface area contributed by atoms with Gasteiger partial charge in [-0.2, -0.15) is 0 Å². The number of aromatic nitrogens is 4. The van der Waals surface area contributed by atoms with Gasteiger partial charge < -0.3 is 4.79 Å². The van der Waals surface area contributed by atoms with Crippen LogP contribution in [0.1, 0.15) is 0 Å². The van der Waals surface area contributed by atoms with Gasteiger partial charge in [0.15, 0.2) is 11.3 Å². The summed E-state index contributed by atoms with van der Waals surface area (Å²) in [5, 5.41) is 2.18. The van der Waals surface area contributed by atoms with Gasteiger partial charge in [0.05, 0.1) is 0 Å². The first-order valence-corrected chi connectivity index (χ1v) is 6.54. The molecule has 0 spiro atoms. The van der Waals surface area contributed by atoms with Gasteiger partial charge in [0.2, 0.25) is 0 Å². The van der Waals surface area contributed by atoms with Crippen molar-refractivity contribution in [3.63, 3.8) is 0 Å². The van der Waals surface area contributed by atoms with Crippen LogP contribution >= 0.6 is 0 Å². The second-order valence-corrected chi connectivity index (χ2v) is 4.11. The van der Waals surface area contributed by atoms with E-state index in [2.05, 4.69) is 19.9 Å². The Morgan fingerprint density at radius 3 is 1.05 bits per heavy atom. The van der Waals surface area contributed by atoms with Crippen molar-refractivity contribution in [1.82, 2.24) is 19.9 Å². The van der Waals surface area contributed by atoms with Gasteiger partial charge in [-0.3, -0.25) is 0 Å². The summed E-state index contributed by atoms with van der Waals surface area (Å²) < 4.78 is 0. The largest absolute Gasteiger partial charge is 0.307 e. The first-order chi connectivity index (χ1) is 10.9. The molecule has 0 saturated heterocycles. The normalized spacial score (nSPS) is 9.27. The van der Waals surface area contributed by atoms with Gasteiger partial charge in [0, 0.05) is 35.6 Å². The SMILES string of the molecule is C=O.c1cnc2ncccc2c1.c1cnc2ncccc2c1. The predicted octanol–water partition coefficient (Wildman–Crippen LogP) is 3.07. The fourth-order valence-electron chi connectivity index (χ4n) is 1.82.